The first-order chi connectivity index (χ1) is 9.20. The molecule has 0 atom stereocenters. The molecule has 0 fully saturated rings. The molecule has 0 aliphatic carbocycles. The van der Waals surface area contributed by atoms with Crippen molar-refractivity contribution in [2.45, 2.75) is 12.8 Å². The Labute approximate surface area is 109 Å². The number of ether oxygens (including phenoxy) is 2. The van der Waals surface area contributed by atoms with Gasteiger partial charge in [0.1, 0.15) is 11.8 Å². The van der Waals surface area contributed by atoms with Crippen LogP contribution in [-0.2, 0) is 10.9 Å². The van der Waals surface area contributed by atoms with Crippen molar-refractivity contribution in [2.24, 2.45) is 0 Å². The van der Waals surface area contributed by atoms with Gasteiger partial charge in [0.2, 0.25) is 0 Å². The van der Waals surface area contributed by atoms with Gasteiger partial charge in [0.15, 0.2) is 0 Å². The van der Waals surface area contributed by atoms with Crippen LogP contribution in [0.25, 0.3) is 0 Å². The van der Waals surface area contributed by atoms with Gasteiger partial charge in [-0.25, -0.2) is 4.79 Å². The minimum absolute atomic E-state index is 0.164. The molecule has 0 aliphatic rings. The van der Waals surface area contributed by atoms with Gasteiger partial charge in [-0.05, 0) is 12.1 Å². The second-order valence-corrected chi connectivity index (χ2v) is 3.37. The zero-order valence-electron chi connectivity index (χ0n) is 9.79. The van der Waals surface area contributed by atoms with Crippen LogP contribution in [0.4, 0.5) is 22.0 Å². The maximum atomic E-state index is 12.8. The van der Waals surface area contributed by atoms with Crippen molar-refractivity contribution in [1.29, 1.82) is 5.26 Å². The number of carbonyl (C=O) groups excluding carboxylic acids is 1. The summed E-state index contributed by atoms with van der Waals surface area (Å²) in [6, 6.07) is 2.02. The maximum absolute atomic E-state index is 12.8. The van der Waals surface area contributed by atoms with E-state index in [0.717, 1.165) is 7.11 Å². The van der Waals surface area contributed by atoms with E-state index in [1.165, 1.54) is 6.07 Å². The van der Waals surface area contributed by atoms with Crippen molar-refractivity contribution >= 4 is 5.97 Å². The predicted octanol–water partition coefficient (Wildman–Crippen LogP) is 2.97. The molecule has 0 unspecified atom stereocenters. The number of rotatable bonds is 3. The van der Waals surface area contributed by atoms with Crippen molar-refractivity contribution in [1.82, 2.24) is 0 Å². The summed E-state index contributed by atoms with van der Waals surface area (Å²) in [4.78, 5) is 11.3. The van der Waals surface area contributed by atoms with E-state index in [1.54, 1.807) is 0 Å². The van der Waals surface area contributed by atoms with Crippen molar-refractivity contribution in [3.05, 3.63) is 28.8 Å². The monoisotopic (exact) mass is 295 g/mol. The lowest BCUT2D eigenvalue weighted by atomic mass is 10.0. The topological polar surface area (TPSA) is 59.3 Å². The van der Waals surface area contributed by atoms with Gasteiger partial charge in [0.05, 0.1) is 23.8 Å². The van der Waals surface area contributed by atoms with Gasteiger partial charge in [0.25, 0.3) is 0 Å². The lowest BCUT2D eigenvalue weighted by Crippen LogP contribution is -2.16. The van der Waals surface area contributed by atoms with E-state index in [2.05, 4.69) is 9.47 Å². The van der Waals surface area contributed by atoms with E-state index in [-0.39, 0.29) is 6.07 Å². The second kappa shape index (κ2) is 5.73. The molecule has 0 bridgehead atoms. The summed E-state index contributed by atoms with van der Waals surface area (Å²) in [5, 5.41) is 8.70. The van der Waals surface area contributed by atoms with Crippen LogP contribution in [0.15, 0.2) is 12.1 Å². The number of carbonyl (C=O) groups is 1. The maximum Gasteiger partial charge on any atom is 0.417 e. The number of hydrogen-bond donors (Lipinski definition) is 0. The van der Waals surface area contributed by atoms with E-state index in [9.17, 15) is 26.7 Å². The first-order valence-electron chi connectivity index (χ1n) is 4.89. The molecule has 1 rings (SSSR count). The summed E-state index contributed by atoms with van der Waals surface area (Å²) in [7, 11) is 0.845. The van der Waals surface area contributed by atoms with Crippen LogP contribution in [0.2, 0.25) is 0 Å². The third-order valence-corrected chi connectivity index (χ3v) is 2.17. The molecule has 0 amide bonds. The number of esters is 1. The summed E-state index contributed by atoms with van der Waals surface area (Å²) in [5.41, 5.74) is -3.13. The molecule has 20 heavy (non-hydrogen) atoms. The Hall–Kier alpha value is -2.37. The number of alkyl halides is 5. The van der Waals surface area contributed by atoms with Crippen LogP contribution < -0.4 is 4.74 Å². The van der Waals surface area contributed by atoms with Gasteiger partial charge >= 0.3 is 18.8 Å². The van der Waals surface area contributed by atoms with Crippen molar-refractivity contribution in [3.63, 3.8) is 0 Å². The highest BCUT2D eigenvalue weighted by molar-refractivity contribution is 5.92. The fourth-order valence-corrected chi connectivity index (χ4v) is 1.37. The van der Waals surface area contributed by atoms with Crippen LogP contribution in [0.3, 0.4) is 0 Å². The Bertz CT molecular complexity index is 562. The Morgan fingerprint density at radius 3 is 2.35 bits per heavy atom. The van der Waals surface area contributed by atoms with Gasteiger partial charge < -0.3 is 9.47 Å². The van der Waals surface area contributed by atoms with Crippen LogP contribution >= 0.6 is 0 Å². The summed E-state index contributed by atoms with van der Waals surface area (Å²) in [5.74, 6) is -2.32. The molecule has 9 heteroatoms. The SMILES string of the molecule is COC(=O)c1cc(C#N)c(OC(F)F)cc1C(F)(F)F. The first-order valence-corrected chi connectivity index (χ1v) is 4.89. The minimum atomic E-state index is -5.00. The van der Waals surface area contributed by atoms with Crippen LogP contribution in [0.5, 0.6) is 5.75 Å². The van der Waals surface area contributed by atoms with Crippen LogP contribution in [-0.4, -0.2) is 19.7 Å². The summed E-state index contributed by atoms with van der Waals surface area (Å²) in [6.45, 7) is -3.41. The molecule has 1 aromatic carbocycles. The number of halogens is 5. The molecule has 0 radical (unpaired) electrons. The molecule has 1 aromatic rings. The standard InChI is InChI=1S/C11H6F5NO3/c1-19-9(18)6-2-5(4-17)8(20-10(12)13)3-7(6)11(14,15)16/h2-3,10H,1H3. The number of benzene rings is 1. The molecule has 0 saturated heterocycles. The lowest BCUT2D eigenvalue weighted by Gasteiger charge is -2.14. The van der Waals surface area contributed by atoms with Crippen molar-refractivity contribution in [3.8, 4) is 11.8 Å². The smallest absolute Gasteiger partial charge is 0.417 e. The molecule has 108 valence electrons. The minimum Gasteiger partial charge on any atom is -0.465 e. The first kappa shape index (κ1) is 15.7. The lowest BCUT2D eigenvalue weighted by molar-refractivity contribution is -0.138. The molecule has 0 heterocycles. The molecule has 0 saturated carbocycles. The Morgan fingerprint density at radius 2 is 1.95 bits per heavy atom. The van der Waals surface area contributed by atoms with Crippen LogP contribution in [0.1, 0.15) is 21.5 Å². The Kier molecular flexibility index (Phi) is 4.49. The fraction of sp³-hybridized carbons (Fsp3) is 0.273. The van der Waals surface area contributed by atoms with Gasteiger partial charge in [0, 0.05) is 0 Å². The van der Waals surface area contributed by atoms with Gasteiger partial charge in [-0.3, -0.25) is 0 Å². The highest BCUT2D eigenvalue weighted by Gasteiger charge is 2.37. The average Bonchev–Trinajstić information content (AvgIpc) is 2.35. The highest BCUT2D eigenvalue weighted by Crippen LogP contribution is 2.36. The highest BCUT2D eigenvalue weighted by atomic mass is 19.4. The van der Waals surface area contributed by atoms with Gasteiger partial charge in [-0.2, -0.15) is 27.2 Å². The normalized spacial score (nSPS) is 11.1. The third-order valence-electron chi connectivity index (χ3n) is 2.17. The summed E-state index contributed by atoms with van der Waals surface area (Å²) >= 11 is 0. The van der Waals surface area contributed by atoms with Crippen LogP contribution in [0, 0.1) is 11.3 Å². The average molecular weight is 295 g/mol. The van der Waals surface area contributed by atoms with Gasteiger partial charge in [-0.1, -0.05) is 0 Å². The molecule has 0 aliphatic heterocycles. The van der Waals surface area contributed by atoms with E-state index in [1.807, 2.05) is 0 Å². The summed E-state index contributed by atoms with van der Waals surface area (Å²) in [6.07, 6.45) is -5.00. The van der Waals surface area contributed by atoms with Crippen molar-refractivity contribution < 1.29 is 36.2 Å². The molecule has 0 spiro atoms. The molecule has 0 N–H and O–H groups in total. The number of nitrogens with zero attached hydrogens (tertiary/aromatic N) is 1. The van der Waals surface area contributed by atoms with Gasteiger partial charge in [-0.15, -0.1) is 0 Å². The number of nitriles is 1. The molecule has 0 aromatic heterocycles. The van der Waals surface area contributed by atoms with E-state index < -0.39 is 41.2 Å². The zero-order chi connectivity index (χ0) is 15.5. The predicted molar refractivity (Wildman–Crippen MR) is 54.1 cm³/mol. The molecular weight excluding hydrogens is 289 g/mol. The zero-order valence-corrected chi connectivity index (χ0v) is 9.79. The fourth-order valence-electron chi connectivity index (χ4n) is 1.37. The largest absolute Gasteiger partial charge is 0.465 e. The van der Waals surface area contributed by atoms with Crippen molar-refractivity contribution in [2.75, 3.05) is 7.11 Å². The van der Waals surface area contributed by atoms with E-state index in [0.29, 0.717) is 6.07 Å². The summed E-state index contributed by atoms with van der Waals surface area (Å²) < 4.78 is 70.5. The molecular formula is C11H6F5NO3. The molecule has 4 nitrogen and oxygen atoms in total. The third kappa shape index (κ3) is 3.34. The Balaban J connectivity index is 3.54. The number of hydrogen-bond acceptors (Lipinski definition) is 4. The van der Waals surface area contributed by atoms with E-state index >= 15 is 0 Å². The van der Waals surface area contributed by atoms with E-state index in [4.69, 9.17) is 5.26 Å². The Morgan fingerprint density at radius 1 is 1.35 bits per heavy atom. The number of methoxy groups -OCH3 is 1. The quantitative estimate of drug-likeness (QED) is 0.635. The second-order valence-electron chi connectivity index (χ2n) is 3.37.